The van der Waals surface area contributed by atoms with Crippen molar-refractivity contribution < 1.29 is 14.3 Å². The minimum absolute atomic E-state index is 0.0136. The molecule has 0 aliphatic rings. The van der Waals surface area contributed by atoms with Crippen LogP contribution >= 0.6 is 22.6 Å². The molecule has 35 heavy (non-hydrogen) atoms. The molecule has 184 valence electrons. The minimum Gasteiger partial charge on any atom is -0.484 e. The van der Waals surface area contributed by atoms with Crippen LogP contribution in [0.3, 0.4) is 0 Å². The topological polar surface area (TPSA) is 58.6 Å². The van der Waals surface area contributed by atoms with E-state index in [0.29, 0.717) is 18.7 Å². The number of hydrogen-bond acceptors (Lipinski definition) is 3. The second kappa shape index (κ2) is 13.3. The molecule has 0 radical (unpaired) electrons. The Morgan fingerprint density at radius 2 is 1.66 bits per heavy atom. The lowest BCUT2D eigenvalue weighted by Gasteiger charge is -2.32. The van der Waals surface area contributed by atoms with E-state index in [1.54, 1.807) is 4.90 Å². The van der Waals surface area contributed by atoms with Gasteiger partial charge in [0.15, 0.2) is 6.61 Å². The smallest absolute Gasteiger partial charge is 0.261 e. The maximum Gasteiger partial charge on any atom is 0.261 e. The first-order valence-corrected chi connectivity index (χ1v) is 13.0. The van der Waals surface area contributed by atoms with Crippen LogP contribution in [0.1, 0.15) is 37.0 Å². The van der Waals surface area contributed by atoms with Gasteiger partial charge in [-0.1, -0.05) is 67.1 Å². The van der Waals surface area contributed by atoms with Gasteiger partial charge in [0.05, 0.1) is 0 Å². The maximum absolute atomic E-state index is 13.6. The van der Waals surface area contributed by atoms with Gasteiger partial charge in [-0.3, -0.25) is 9.59 Å². The van der Waals surface area contributed by atoms with Crippen LogP contribution in [0.5, 0.6) is 5.75 Å². The van der Waals surface area contributed by atoms with Gasteiger partial charge in [0.25, 0.3) is 5.91 Å². The van der Waals surface area contributed by atoms with Crippen molar-refractivity contribution in [3.05, 3.63) is 99.1 Å². The standard InChI is InChI=1S/C29H33IN2O3/c1-4-22(3)31-29(34)27(18-23-10-6-5-7-11-23)32(19-24-12-8-9-21(2)17-24)28(33)20-35-26-15-13-25(30)14-16-26/h5-17,22,27H,4,18-20H2,1-3H3,(H,31,34)/t22-,27+/m0/s1. The molecule has 0 aliphatic carbocycles. The van der Waals surface area contributed by atoms with Crippen LogP contribution in [-0.2, 0) is 22.6 Å². The summed E-state index contributed by atoms with van der Waals surface area (Å²) in [5, 5.41) is 3.09. The van der Waals surface area contributed by atoms with E-state index in [1.165, 1.54) is 0 Å². The van der Waals surface area contributed by atoms with Crippen molar-refractivity contribution in [2.75, 3.05) is 6.61 Å². The lowest BCUT2D eigenvalue weighted by Crippen LogP contribution is -2.53. The van der Waals surface area contributed by atoms with E-state index in [1.807, 2.05) is 99.6 Å². The zero-order valence-electron chi connectivity index (χ0n) is 20.5. The summed E-state index contributed by atoms with van der Waals surface area (Å²) in [6.45, 7) is 6.20. The Balaban J connectivity index is 1.90. The molecule has 0 saturated heterocycles. The normalized spacial score (nSPS) is 12.5. The third-order valence-corrected chi connectivity index (χ3v) is 6.60. The first kappa shape index (κ1) is 26.7. The Morgan fingerprint density at radius 1 is 0.971 bits per heavy atom. The molecule has 2 amide bonds. The molecule has 5 nitrogen and oxygen atoms in total. The van der Waals surface area contributed by atoms with E-state index >= 15 is 0 Å². The number of halogens is 1. The van der Waals surface area contributed by atoms with Crippen molar-refractivity contribution >= 4 is 34.4 Å². The average Bonchev–Trinajstić information content (AvgIpc) is 2.86. The number of hydrogen-bond donors (Lipinski definition) is 1. The number of benzene rings is 3. The number of carbonyl (C=O) groups excluding carboxylic acids is 2. The monoisotopic (exact) mass is 584 g/mol. The number of rotatable bonds is 11. The molecule has 3 aromatic rings. The highest BCUT2D eigenvalue weighted by molar-refractivity contribution is 14.1. The predicted molar refractivity (Wildman–Crippen MR) is 148 cm³/mol. The summed E-state index contributed by atoms with van der Waals surface area (Å²) in [7, 11) is 0. The molecular weight excluding hydrogens is 551 g/mol. The average molecular weight is 584 g/mol. The molecule has 0 fully saturated rings. The zero-order valence-corrected chi connectivity index (χ0v) is 22.7. The van der Waals surface area contributed by atoms with Crippen LogP contribution in [0.4, 0.5) is 0 Å². The SMILES string of the molecule is CC[C@H](C)NC(=O)[C@@H](Cc1ccccc1)N(Cc1cccc(C)c1)C(=O)COc1ccc(I)cc1. The van der Waals surface area contributed by atoms with Crippen molar-refractivity contribution in [1.29, 1.82) is 0 Å². The Morgan fingerprint density at radius 3 is 2.31 bits per heavy atom. The fourth-order valence-electron chi connectivity index (χ4n) is 3.76. The van der Waals surface area contributed by atoms with Crippen LogP contribution < -0.4 is 10.1 Å². The van der Waals surface area contributed by atoms with Gasteiger partial charge in [-0.25, -0.2) is 0 Å². The van der Waals surface area contributed by atoms with Crippen molar-refractivity contribution in [2.45, 2.75) is 52.2 Å². The summed E-state index contributed by atoms with van der Waals surface area (Å²) in [4.78, 5) is 28.7. The van der Waals surface area contributed by atoms with Crippen LogP contribution in [0.25, 0.3) is 0 Å². The molecule has 6 heteroatoms. The fraction of sp³-hybridized carbons (Fsp3) is 0.310. The van der Waals surface area contributed by atoms with Crippen molar-refractivity contribution in [1.82, 2.24) is 10.2 Å². The van der Waals surface area contributed by atoms with Crippen LogP contribution in [0, 0.1) is 10.5 Å². The number of carbonyl (C=O) groups is 2. The fourth-order valence-corrected chi connectivity index (χ4v) is 4.12. The lowest BCUT2D eigenvalue weighted by molar-refractivity contribution is -0.143. The first-order chi connectivity index (χ1) is 16.9. The largest absolute Gasteiger partial charge is 0.484 e. The van der Waals surface area contributed by atoms with Gasteiger partial charge in [0.1, 0.15) is 11.8 Å². The Kier molecular flexibility index (Phi) is 10.1. The molecule has 0 bridgehead atoms. The van der Waals surface area contributed by atoms with Crippen molar-refractivity contribution in [3.8, 4) is 5.75 Å². The summed E-state index contributed by atoms with van der Waals surface area (Å²) in [5.74, 6) is 0.238. The van der Waals surface area contributed by atoms with E-state index in [2.05, 4.69) is 27.9 Å². The molecule has 0 aromatic heterocycles. The molecule has 3 rings (SSSR count). The van der Waals surface area contributed by atoms with Crippen LogP contribution in [0.15, 0.2) is 78.9 Å². The van der Waals surface area contributed by atoms with Crippen molar-refractivity contribution in [3.63, 3.8) is 0 Å². The third kappa shape index (κ3) is 8.38. The van der Waals surface area contributed by atoms with Gasteiger partial charge in [0, 0.05) is 22.6 Å². The molecule has 0 heterocycles. The van der Waals surface area contributed by atoms with E-state index in [9.17, 15) is 9.59 Å². The Labute approximate surface area is 222 Å². The number of nitrogens with zero attached hydrogens (tertiary/aromatic N) is 1. The van der Waals surface area contributed by atoms with Crippen molar-refractivity contribution in [2.24, 2.45) is 0 Å². The summed E-state index contributed by atoms with van der Waals surface area (Å²) in [6.07, 6.45) is 1.23. The first-order valence-electron chi connectivity index (χ1n) is 11.9. The number of aryl methyl sites for hydroxylation is 1. The molecule has 0 spiro atoms. The minimum atomic E-state index is -0.667. The van der Waals surface area contributed by atoms with E-state index in [4.69, 9.17) is 4.74 Å². The zero-order chi connectivity index (χ0) is 25.2. The second-order valence-corrected chi connectivity index (χ2v) is 10.0. The lowest BCUT2D eigenvalue weighted by atomic mass is 10.0. The summed E-state index contributed by atoms with van der Waals surface area (Å²) in [5.41, 5.74) is 3.08. The highest BCUT2D eigenvalue weighted by Crippen LogP contribution is 2.18. The Hall–Kier alpha value is -2.87. The molecular formula is C29H33IN2O3. The second-order valence-electron chi connectivity index (χ2n) is 8.78. The van der Waals surface area contributed by atoms with Crippen LogP contribution in [-0.4, -0.2) is 35.4 Å². The highest BCUT2D eigenvalue weighted by atomic mass is 127. The van der Waals surface area contributed by atoms with Gasteiger partial charge < -0.3 is 15.0 Å². The van der Waals surface area contributed by atoms with E-state index in [0.717, 1.165) is 26.7 Å². The van der Waals surface area contributed by atoms with Gasteiger partial charge in [-0.05, 0) is 78.3 Å². The van der Waals surface area contributed by atoms with E-state index in [-0.39, 0.29) is 24.5 Å². The molecule has 1 N–H and O–H groups in total. The predicted octanol–water partition coefficient (Wildman–Crippen LogP) is 5.53. The van der Waals surface area contributed by atoms with Gasteiger partial charge >= 0.3 is 0 Å². The number of amides is 2. The van der Waals surface area contributed by atoms with Gasteiger partial charge in [0.2, 0.25) is 5.91 Å². The molecule has 3 aromatic carbocycles. The molecule has 0 unspecified atom stereocenters. The highest BCUT2D eigenvalue weighted by Gasteiger charge is 2.31. The number of nitrogens with one attached hydrogen (secondary N) is 1. The summed E-state index contributed by atoms with van der Waals surface area (Å²) < 4.78 is 6.91. The summed E-state index contributed by atoms with van der Waals surface area (Å²) in [6, 6.07) is 24.7. The maximum atomic E-state index is 13.6. The van der Waals surface area contributed by atoms with Crippen LogP contribution in [0.2, 0.25) is 0 Å². The van der Waals surface area contributed by atoms with Gasteiger partial charge in [-0.15, -0.1) is 0 Å². The Bertz CT molecular complexity index is 1100. The quantitative estimate of drug-likeness (QED) is 0.302. The number of ether oxygens (including phenoxy) is 1. The molecule has 0 aliphatic heterocycles. The molecule has 2 atom stereocenters. The van der Waals surface area contributed by atoms with Gasteiger partial charge in [-0.2, -0.15) is 0 Å². The third-order valence-electron chi connectivity index (χ3n) is 5.88. The summed E-state index contributed by atoms with van der Waals surface area (Å²) >= 11 is 2.23. The molecule has 0 saturated carbocycles. The van der Waals surface area contributed by atoms with E-state index < -0.39 is 6.04 Å².